The van der Waals surface area contributed by atoms with Gasteiger partial charge in [0, 0.05) is 4.70 Å². The maximum absolute atomic E-state index is 12.0. The molecule has 2 aromatic heterocycles. The molecule has 21 heavy (non-hydrogen) atoms. The second kappa shape index (κ2) is 6.09. The van der Waals surface area contributed by atoms with Crippen molar-refractivity contribution in [3.8, 4) is 0 Å². The minimum absolute atomic E-state index is 0.194. The lowest BCUT2D eigenvalue weighted by Gasteiger charge is -2.00. The second-order valence-electron chi connectivity index (χ2n) is 4.25. The number of hydrogen-bond donors (Lipinski definition) is 0. The number of carbonyl (C=O) groups is 2. The summed E-state index contributed by atoms with van der Waals surface area (Å²) >= 11 is 5.99. The van der Waals surface area contributed by atoms with Crippen LogP contribution in [0.5, 0.6) is 0 Å². The lowest BCUT2D eigenvalue weighted by Crippen LogP contribution is -2.12. The van der Waals surface area contributed by atoms with Crippen LogP contribution in [-0.4, -0.2) is 18.4 Å². The van der Waals surface area contributed by atoms with Gasteiger partial charge in [-0.2, -0.15) is 0 Å². The Bertz CT molecular complexity index is 786. The van der Waals surface area contributed by atoms with Gasteiger partial charge in [0.15, 0.2) is 6.61 Å². The van der Waals surface area contributed by atoms with Crippen LogP contribution in [0.2, 0.25) is 0 Å². The highest BCUT2D eigenvalue weighted by Crippen LogP contribution is 2.26. The topological polar surface area (TPSA) is 43.4 Å². The Balaban J connectivity index is 1.67. The summed E-state index contributed by atoms with van der Waals surface area (Å²) in [7, 11) is 0. The third kappa shape index (κ3) is 3.23. The summed E-state index contributed by atoms with van der Waals surface area (Å²) in [5, 5.41) is 1.00. The predicted molar refractivity (Wildman–Crippen MR) is 88.5 cm³/mol. The van der Waals surface area contributed by atoms with Crippen LogP contribution in [0.25, 0.3) is 10.1 Å². The average molecular weight is 381 g/mol. The number of fused-ring (bicyclic) bond motifs is 1. The summed E-state index contributed by atoms with van der Waals surface area (Å²) in [6.07, 6.45) is 0. The number of rotatable bonds is 4. The number of hydrogen-bond acceptors (Lipinski definition) is 5. The summed E-state index contributed by atoms with van der Waals surface area (Å²) in [6, 6.07) is 13.0. The van der Waals surface area contributed by atoms with Gasteiger partial charge in [-0.15, -0.1) is 22.7 Å². The van der Waals surface area contributed by atoms with E-state index >= 15 is 0 Å². The van der Waals surface area contributed by atoms with E-state index in [2.05, 4.69) is 15.9 Å². The molecule has 0 aliphatic carbocycles. The lowest BCUT2D eigenvalue weighted by atomic mass is 10.2. The molecule has 0 amide bonds. The van der Waals surface area contributed by atoms with Crippen LogP contribution in [0.3, 0.4) is 0 Å². The number of esters is 1. The molecule has 3 nitrogen and oxygen atoms in total. The minimum atomic E-state index is -0.458. The van der Waals surface area contributed by atoms with Gasteiger partial charge in [-0.3, -0.25) is 4.79 Å². The van der Waals surface area contributed by atoms with Gasteiger partial charge in [-0.05, 0) is 45.6 Å². The van der Waals surface area contributed by atoms with Crippen molar-refractivity contribution >= 4 is 60.4 Å². The van der Waals surface area contributed by atoms with Gasteiger partial charge in [-0.25, -0.2) is 4.79 Å². The van der Waals surface area contributed by atoms with Gasteiger partial charge < -0.3 is 4.74 Å². The summed E-state index contributed by atoms with van der Waals surface area (Å²) in [5.74, 6) is -0.652. The molecule has 3 rings (SSSR count). The van der Waals surface area contributed by atoms with Gasteiger partial charge >= 0.3 is 5.97 Å². The van der Waals surface area contributed by atoms with E-state index in [1.165, 1.54) is 22.7 Å². The van der Waals surface area contributed by atoms with Crippen LogP contribution in [0, 0.1) is 0 Å². The van der Waals surface area contributed by atoms with E-state index in [4.69, 9.17) is 4.74 Å². The van der Waals surface area contributed by atoms with Crippen molar-refractivity contribution in [3.63, 3.8) is 0 Å². The first-order chi connectivity index (χ1) is 10.1. The smallest absolute Gasteiger partial charge is 0.348 e. The number of Topliss-reactive ketones (excluding diaryl/α,β-unsaturated/α-hetero) is 1. The quantitative estimate of drug-likeness (QED) is 0.483. The number of thiophene rings is 2. The summed E-state index contributed by atoms with van der Waals surface area (Å²) in [4.78, 5) is 25.0. The Labute approximate surface area is 137 Å². The molecule has 1 aromatic carbocycles. The molecule has 0 N–H and O–H groups in total. The second-order valence-corrected chi connectivity index (χ2v) is 7.80. The van der Waals surface area contributed by atoms with E-state index in [9.17, 15) is 9.59 Å². The highest BCUT2D eigenvalue weighted by atomic mass is 79.9. The normalized spacial score (nSPS) is 10.7. The molecule has 6 heteroatoms. The lowest BCUT2D eigenvalue weighted by molar-refractivity contribution is 0.0481. The van der Waals surface area contributed by atoms with E-state index in [0.29, 0.717) is 9.75 Å². The molecule has 0 aliphatic rings. The van der Waals surface area contributed by atoms with E-state index < -0.39 is 5.97 Å². The van der Waals surface area contributed by atoms with E-state index in [1.807, 2.05) is 24.3 Å². The van der Waals surface area contributed by atoms with Crippen LogP contribution in [0.4, 0.5) is 0 Å². The molecule has 2 heterocycles. The number of benzene rings is 1. The van der Waals surface area contributed by atoms with Gasteiger partial charge in [0.05, 0.1) is 8.66 Å². The van der Waals surface area contributed by atoms with Crippen molar-refractivity contribution in [2.24, 2.45) is 0 Å². The van der Waals surface area contributed by atoms with Crippen LogP contribution in [0.15, 0.2) is 46.3 Å². The summed E-state index contributed by atoms with van der Waals surface area (Å²) in [6.45, 7) is -0.236. The Morgan fingerprint density at radius 1 is 1.05 bits per heavy atom. The SMILES string of the molecule is O=C(COC(=O)c1cc2ccccc2s1)c1ccc(Br)s1. The summed E-state index contributed by atoms with van der Waals surface area (Å²) in [5.41, 5.74) is 0. The molecule has 106 valence electrons. The van der Waals surface area contributed by atoms with Crippen molar-refractivity contribution in [1.29, 1.82) is 0 Å². The molecular weight excluding hydrogens is 372 g/mol. The van der Waals surface area contributed by atoms with E-state index in [-0.39, 0.29) is 12.4 Å². The van der Waals surface area contributed by atoms with Crippen molar-refractivity contribution < 1.29 is 14.3 Å². The fourth-order valence-electron chi connectivity index (χ4n) is 1.82. The largest absolute Gasteiger partial charge is 0.453 e. The molecule has 0 fully saturated rings. The molecule has 0 bridgehead atoms. The molecule has 3 aromatic rings. The van der Waals surface area contributed by atoms with Crippen LogP contribution in [0.1, 0.15) is 19.3 Å². The fourth-order valence-corrected chi connectivity index (χ4v) is 4.09. The predicted octanol–water partition coefficient (Wildman–Crippen LogP) is 4.77. The van der Waals surface area contributed by atoms with Crippen LogP contribution >= 0.6 is 38.6 Å². The Morgan fingerprint density at radius 3 is 2.57 bits per heavy atom. The number of carbonyl (C=O) groups excluding carboxylic acids is 2. The minimum Gasteiger partial charge on any atom is -0.453 e. The van der Waals surface area contributed by atoms with Gasteiger partial charge in [0.1, 0.15) is 4.88 Å². The maximum Gasteiger partial charge on any atom is 0.348 e. The first-order valence-electron chi connectivity index (χ1n) is 6.08. The highest BCUT2D eigenvalue weighted by Gasteiger charge is 2.15. The summed E-state index contributed by atoms with van der Waals surface area (Å²) < 4.78 is 7.00. The maximum atomic E-state index is 12.0. The third-order valence-electron chi connectivity index (χ3n) is 2.81. The number of halogens is 1. The van der Waals surface area contributed by atoms with Gasteiger partial charge in [0.2, 0.25) is 5.78 Å². The first-order valence-corrected chi connectivity index (χ1v) is 8.50. The Hall–Kier alpha value is -1.50. The van der Waals surface area contributed by atoms with Crippen molar-refractivity contribution in [2.75, 3.05) is 6.61 Å². The number of ketones is 1. The molecule has 0 saturated heterocycles. The van der Waals surface area contributed by atoms with Crippen LogP contribution < -0.4 is 0 Å². The highest BCUT2D eigenvalue weighted by molar-refractivity contribution is 9.11. The van der Waals surface area contributed by atoms with Crippen molar-refractivity contribution in [2.45, 2.75) is 0 Å². The molecule has 0 unspecified atom stereocenters. The third-order valence-corrected chi connectivity index (χ3v) is 5.57. The zero-order valence-corrected chi connectivity index (χ0v) is 13.9. The standard InChI is InChI=1S/C15H9BrO3S2/c16-14-6-5-12(21-14)10(17)8-19-15(18)13-7-9-3-1-2-4-11(9)20-13/h1-7H,8H2. The number of ether oxygens (including phenoxy) is 1. The molecule has 0 atom stereocenters. The Kier molecular flexibility index (Phi) is 4.19. The van der Waals surface area contributed by atoms with Crippen molar-refractivity contribution in [1.82, 2.24) is 0 Å². The van der Waals surface area contributed by atoms with Gasteiger partial charge in [-0.1, -0.05) is 18.2 Å². The molecule has 0 spiro atoms. The Morgan fingerprint density at radius 2 is 1.86 bits per heavy atom. The monoisotopic (exact) mass is 380 g/mol. The van der Waals surface area contributed by atoms with Crippen LogP contribution in [-0.2, 0) is 4.74 Å². The molecule has 0 aliphatic heterocycles. The molecule has 0 radical (unpaired) electrons. The molecule has 0 saturated carbocycles. The van der Waals surface area contributed by atoms with E-state index in [1.54, 1.807) is 18.2 Å². The van der Waals surface area contributed by atoms with Crippen molar-refractivity contribution in [3.05, 3.63) is 56.0 Å². The molecular formula is C15H9BrO3S2. The fraction of sp³-hybridized carbons (Fsp3) is 0.0667. The zero-order valence-electron chi connectivity index (χ0n) is 10.7. The average Bonchev–Trinajstić information content (AvgIpc) is 3.10. The van der Waals surface area contributed by atoms with E-state index in [0.717, 1.165) is 13.9 Å². The first kappa shape index (κ1) is 14.4. The zero-order chi connectivity index (χ0) is 14.8. The van der Waals surface area contributed by atoms with Gasteiger partial charge in [0.25, 0.3) is 0 Å².